The second-order valence-corrected chi connectivity index (χ2v) is 11.4. The number of nitrogens with one attached hydrogen (secondary N) is 2. The van der Waals surface area contributed by atoms with Gasteiger partial charge in [-0.25, -0.2) is 9.97 Å². The van der Waals surface area contributed by atoms with Crippen LogP contribution in [-0.2, 0) is 20.9 Å². The molecule has 2 atom stereocenters. The number of rotatable bonds is 3. The number of carbonyl (C=O) groups excluding carboxylic acids is 3. The van der Waals surface area contributed by atoms with Crippen molar-refractivity contribution >= 4 is 23.7 Å². The Hall–Kier alpha value is -4.75. The van der Waals surface area contributed by atoms with Crippen LogP contribution in [0.2, 0.25) is 0 Å². The predicted molar refractivity (Wildman–Crippen MR) is 167 cm³/mol. The minimum atomic E-state index is -0.432. The number of aromatic nitrogens is 2. The van der Waals surface area contributed by atoms with Gasteiger partial charge < -0.3 is 39.4 Å². The molecule has 13 heteroatoms. The lowest BCUT2D eigenvalue weighted by atomic mass is 10.0. The van der Waals surface area contributed by atoms with E-state index in [9.17, 15) is 14.4 Å². The normalized spacial score (nSPS) is 21.1. The average molecular weight is 631 g/mol. The molecule has 3 aliphatic heterocycles. The van der Waals surface area contributed by atoms with Crippen molar-refractivity contribution in [2.75, 3.05) is 57.9 Å². The number of likely N-dealkylation sites (tertiary alicyclic amines) is 1. The van der Waals surface area contributed by atoms with Crippen LogP contribution in [-0.4, -0.2) is 97.8 Å². The minimum Gasteiger partial charge on any atom is -0.497 e. The SMILES string of the molecule is COc1cc2cc(c1)C(=O)NCCCC(=O)N[C@H]1CN(C(=O)c3cnc(N4CCOCC4)nc3)CC[C@@H]1OCc1cccc(c1)O2. The van der Waals surface area contributed by atoms with Crippen molar-refractivity contribution in [2.24, 2.45) is 0 Å². The molecule has 6 rings (SSSR count). The number of morpholine rings is 1. The Balaban J connectivity index is 1.17. The molecule has 242 valence electrons. The Bertz CT molecular complexity index is 1550. The number of hydrogen-bond donors (Lipinski definition) is 2. The third-order valence-electron chi connectivity index (χ3n) is 8.20. The van der Waals surface area contributed by atoms with Gasteiger partial charge in [0.1, 0.15) is 17.2 Å². The number of methoxy groups -OCH3 is 1. The zero-order chi connectivity index (χ0) is 31.9. The van der Waals surface area contributed by atoms with Gasteiger partial charge in [0.05, 0.1) is 44.6 Å². The number of ether oxygens (including phenoxy) is 4. The molecular weight excluding hydrogens is 592 g/mol. The van der Waals surface area contributed by atoms with Gasteiger partial charge in [0, 0.05) is 63.2 Å². The van der Waals surface area contributed by atoms with E-state index in [4.69, 9.17) is 18.9 Å². The topological polar surface area (TPSA) is 144 Å². The molecule has 2 N–H and O–H groups in total. The summed E-state index contributed by atoms with van der Waals surface area (Å²) in [5.41, 5.74) is 1.65. The van der Waals surface area contributed by atoms with Gasteiger partial charge >= 0.3 is 0 Å². The van der Waals surface area contributed by atoms with Crippen LogP contribution in [0.1, 0.15) is 45.5 Å². The third-order valence-corrected chi connectivity index (χ3v) is 8.20. The summed E-state index contributed by atoms with van der Waals surface area (Å²) in [5.74, 6) is 1.42. The average Bonchev–Trinajstić information content (AvgIpc) is 3.09. The number of anilines is 1. The summed E-state index contributed by atoms with van der Waals surface area (Å²) >= 11 is 0. The molecule has 0 saturated carbocycles. The van der Waals surface area contributed by atoms with Crippen LogP contribution in [0, 0.1) is 0 Å². The van der Waals surface area contributed by atoms with E-state index in [1.807, 2.05) is 29.2 Å². The van der Waals surface area contributed by atoms with Crippen LogP contribution in [0.25, 0.3) is 0 Å². The number of benzene rings is 2. The molecule has 0 aliphatic carbocycles. The van der Waals surface area contributed by atoms with Crippen molar-refractivity contribution in [3.8, 4) is 17.2 Å². The van der Waals surface area contributed by atoms with E-state index in [1.54, 1.807) is 35.5 Å². The summed E-state index contributed by atoms with van der Waals surface area (Å²) in [7, 11) is 1.53. The van der Waals surface area contributed by atoms with Crippen LogP contribution in [0.4, 0.5) is 5.95 Å². The molecule has 3 amide bonds. The van der Waals surface area contributed by atoms with Crippen LogP contribution < -0.4 is 25.0 Å². The third kappa shape index (κ3) is 7.72. The molecule has 4 heterocycles. The van der Waals surface area contributed by atoms with Crippen molar-refractivity contribution < 1.29 is 33.3 Å². The molecule has 3 aliphatic rings. The zero-order valence-electron chi connectivity index (χ0n) is 25.8. The Morgan fingerprint density at radius 1 is 1.02 bits per heavy atom. The highest BCUT2D eigenvalue weighted by atomic mass is 16.5. The minimum absolute atomic E-state index is 0.180. The van der Waals surface area contributed by atoms with Gasteiger partial charge in [-0.2, -0.15) is 0 Å². The summed E-state index contributed by atoms with van der Waals surface area (Å²) in [6.07, 6.45) is 3.95. The second kappa shape index (κ2) is 14.6. The van der Waals surface area contributed by atoms with E-state index in [0.29, 0.717) is 86.6 Å². The molecule has 0 radical (unpaired) electrons. The van der Waals surface area contributed by atoms with Crippen molar-refractivity contribution in [2.45, 2.75) is 38.0 Å². The van der Waals surface area contributed by atoms with E-state index in [1.165, 1.54) is 7.11 Å². The first-order valence-corrected chi connectivity index (χ1v) is 15.5. The fourth-order valence-electron chi connectivity index (χ4n) is 5.74. The first-order chi connectivity index (χ1) is 22.4. The smallest absolute Gasteiger partial charge is 0.257 e. The van der Waals surface area contributed by atoms with Crippen molar-refractivity contribution in [3.63, 3.8) is 0 Å². The Morgan fingerprint density at radius 3 is 2.65 bits per heavy atom. The highest BCUT2D eigenvalue weighted by molar-refractivity contribution is 5.95. The molecule has 4 bridgehead atoms. The summed E-state index contributed by atoms with van der Waals surface area (Å²) in [6.45, 7) is 3.95. The lowest BCUT2D eigenvalue weighted by molar-refractivity contribution is -0.124. The molecule has 13 nitrogen and oxygen atoms in total. The maximum atomic E-state index is 13.5. The lowest BCUT2D eigenvalue weighted by Crippen LogP contribution is -2.57. The molecule has 1 aromatic heterocycles. The van der Waals surface area contributed by atoms with E-state index < -0.39 is 6.04 Å². The molecule has 46 heavy (non-hydrogen) atoms. The Labute approximate surface area is 267 Å². The summed E-state index contributed by atoms with van der Waals surface area (Å²) < 4.78 is 23.2. The number of piperidine rings is 1. The Kier molecular flexibility index (Phi) is 9.89. The highest BCUT2D eigenvalue weighted by Crippen LogP contribution is 2.29. The van der Waals surface area contributed by atoms with Gasteiger partial charge in [0.25, 0.3) is 11.8 Å². The maximum Gasteiger partial charge on any atom is 0.257 e. The zero-order valence-corrected chi connectivity index (χ0v) is 25.8. The van der Waals surface area contributed by atoms with Gasteiger partial charge in [0.2, 0.25) is 11.9 Å². The summed E-state index contributed by atoms with van der Waals surface area (Å²) in [6, 6.07) is 12.1. The number of hydrogen-bond acceptors (Lipinski definition) is 10. The van der Waals surface area contributed by atoms with Crippen molar-refractivity contribution in [3.05, 3.63) is 71.5 Å². The Morgan fingerprint density at radius 2 is 1.85 bits per heavy atom. The van der Waals surface area contributed by atoms with Crippen LogP contribution >= 0.6 is 0 Å². The van der Waals surface area contributed by atoms with Gasteiger partial charge in [0.15, 0.2) is 0 Å². The largest absolute Gasteiger partial charge is 0.497 e. The predicted octanol–water partition coefficient (Wildman–Crippen LogP) is 2.55. The molecule has 3 aromatic rings. The molecule has 0 unspecified atom stereocenters. The second-order valence-electron chi connectivity index (χ2n) is 11.4. The van der Waals surface area contributed by atoms with Gasteiger partial charge in [-0.3, -0.25) is 14.4 Å². The number of nitrogens with zero attached hydrogens (tertiary/aromatic N) is 4. The number of fused-ring (bicyclic) bond motifs is 5. The quantitative estimate of drug-likeness (QED) is 0.443. The van der Waals surface area contributed by atoms with E-state index >= 15 is 0 Å². The van der Waals surface area contributed by atoms with Crippen LogP contribution in [0.3, 0.4) is 0 Å². The maximum absolute atomic E-state index is 13.5. The molecule has 0 spiro atoms. The molecule has 2 aromatic carbocycles. The van der Waals surface area contributed by atoms with Crippen molar-refractivity contribution in [1.29, 1.82) is 0 Å². The summed E-state index contributed by atoms with van der Waals surface area (Å²) in [5, 5.41) is 5.95. The summed E-state index contributed by atoms with van der Waals surface area (Å²) in [4.78, 5) is 52.1. The van der Waals surface area contributed by atoms with E-state index in [2.05, 4.69) is 20.6 Å². The first-order valence-electron chi connectivity index (χ1n) is 15.5. The molecule has 2 saturated heterocycles. The van der Waals surface area contributed by atoms with Crippen LogP contribution in [0.5, 0.6) is 17.2 Å². The lowest BCUT2D eigenvalue weighted by Gasteiger charge is -2.38. The van der Waals surface area contributed by atoms with Crippen molar-refractivity contribution in [1.82, 2.24) is 25.5 Å². The van der Waals surface area contributed by atoms with Gasteiger partial charge in [-0.05, 0) is 42.7 Å². The number of amides is 3. The highest BCUT2D eigenvalue weighted by Gasteiger charge is 2.34. The molecular formula is C33H38N6O7. The molecule has 2 fully saturated rings. The standard InChI is InChI=1S/C33H38N6O7/c1-43-26-15-23-16-27(17-26)46-25-5-2-4-22(14-25)21-45-29-7-9-39(20-28(29)37-30(40)6-3-8-34-31(23)41)32(42)24-18-35-33(36-19-24)38-10-12-44-13-11-38/h2,4-5,14-19,28-29H,3,6-13,20-21H2,1H3,(H,34,41)(H,37,40)/t28-,29-/m0/s1. The number of carbonyl (C=O) groups is 3. The first kappa shape index (κ1) is 31.2. The fraction of sp³-hybridized carbons (Fsp3) is 0.424. The van der Waals surface area contributed by atoms with E-state index in [-0.39, 0.29) is 43.4 Å². The van der Waals surface area contributed by atoms with Crippen LogP contribution in [0.15, 0.2) is 54.9 Å². The van der Waals surface area contributed by atoms with Gasteiger partial charge in [-0.1, -0.05) is 12.1 Å². The van der Waals surface area contributed by atoms with E-state index in [0.717, 1.165) is 5.56 Å². The monoisotopic (exact) mass is 630 g/mol. The fourth-order valence-corrected chi connectivity index (χ4v) is 5.74. The van der Waals surface area contributed by atoms with Gasteiger partial charge in [-0.15, -0.1) is 0 Å².